The van der Waals surface area contributed by atoms with Crippen molar-refractivity contribution < 1.29 is 19.1 Å². The number of nitrogens with one attached hydrogen (secondary N) is 1. The van der Waals surface area contributed by atoms with Crippen LogP contribution in [0, 0.1) is 0 Å². The van der Waals surface area contributed by atoms with Gasteiger partial charge >= 0.3 is 0 Å². The molecule has 2 aliphatic heterocycles. The summed E-state index contributed by atoms with van der Waals surface area (Å²) in [7, 11) is 1.66. The molecule has 0 saturated carbocycles. The van der Waals surface area contributed by atoms with E-state index in [9.17, 15) is 9.59 Å². The molecule has 198 valence electrons. The van der Waals surface area contributed by atoms with E-state index >= 15 is 0 Å². The van der Waals surface area contributed by atoms with Crippen LogP contribution in [0.15, 0.2) is 72.8 Å². The molecule has 7 nitrogen and oxygen atoms in total. The third-order valence-electron chi connectivity index (χ3n) is 7.54. The zero-order valence-electron chi connectivity index (χ0n) is 21.9. The molecule has 0 bridgehead atoms. The minimum absolute atomic E-state index is 0.00511. The number of piperidine rings is 1. The van der Waals surface area contributed by atoms with Gasteiger partial charge in [-0.1, -0.05) is 42.5 Å². The molecule has 0 aliphatic carbocycles. The highest BCUT2D eigenvalue weighted by Crippen LogP contribution is 2.33. The molecule has 7 heteroatoms. The van der Waals surface area contributed by atoms with E-state index in [0.29, 0.717) is 19.0 Å². The normalized spacial score (nSPS) is 16.0. The van der Waals surface area contributed by atoms with E-state index in [0.717, 1.165) is 72.8 Å². The molecule has 5 rings (SSSR count). The first-order valence-corrected chi connectivity index (χ1v) is 13.4. The van der Waals surface area contributed by atoms with E-state index in [1.807, 2.05) is 71.6 Å². The summed E-state index contributed by atoms with van der Waals surface area (Å²) in [5.41, 5.74) is 3.92. The van der Waals surface area contributed by atoms with Crippen molar-refractivity contribution in [1.29, 1.82) is 0 Å². The number of carbonyl (C=O) groups is 2. The van der Waals surface area contributed by atoms with Crippen molar-refractivity contribution >= 4 is 17.5 Å². The largest absolute Gasteiger partial charge is 0.497 e. The number of likely N-dealkylation sites (tertiary alicyclic amines) is 1. The van der Waals surface area contributed by atoms with Crippen LogP contribution in [0.25, 0.3) is 0 Å². The van der Waals surface area contributed by atoms with Crippen LogP contribution in [0.4, 0.5) is 5.69 Å². The van der Waals surface area contributed by atoms with Crippen LogP contribution in [0.1, 0.15) is 40.2 Å². The second kappa shape index (κ2) is 12.1. The number of ether oxygens (including phenoxy) is 2. The number of carbonyl (C=O) groups excluding carboxylic acids is 2. The van der Waals surface area contributed by atoms with E-state index in [-0.39, 0.29) is 18.4 Å². The van der Waals surface area contributed by atoms with Gasteiger partial charge in [-0.3, -0.25) is 9.59 Å². The van der Waals surface area contributed by atoms with E-state index in [1.54, 1.807) is 7.11 Å². The number of methoxy groups -OCH3 is 1. The zero-order chi connectivity index (χ0) is 26.3. The molecule has 2 amide bonds. The van der Waals surface area contributed by atoms with Gasteiger partial charge in [-0.25, -0.2) is 0 Å². The maximum absolute atomic E-state index is 13.1. The Morgan fingerprint density at radius 2 is 1.71 bits per heavy atom. The summed E-state index contributed by atoms with van der Waals surface area (Å²) in [5, 5.41) is 3.10. The molecular weight excluding hydrogens is 478 g/mol. The molecule has 3 aromatic carbocycles. The topological polar surface area (TPSA) is 71.1 Å². The summed E-state index contributed by atoms with van der Waals surface area (Å²) in [6.45, 7) is 4.03. The molecular formula is C31H35N3O4. The highest BCUT2D eigenvalue weighted by molar-refractivity contribution is 5.98. The van der Waals surface area contributed by atoms with Gasteiger partial charge in [-0.15, -0.1) is 0 Å². The highest BCUT2D eigenvalue weighted by atomic mass is 16.5. The maximum Gasteiger partial charge on any atom is 0.265 e. The number of fused-ring (bicyclic) bond motifs is 1. The first-order valence-electron chi connectivity index (χ1n) is 13.4. The maximum atomic E-state index is 13.1. The molecule has 38 heavy (non-hydrogen) atoms. The Kier molecular flexibility index (Phi) is 8.24. The van der Waals surface area contributed by atoms with Gasteiger partial charge in [0, 0.05) is 25.2 Å². The van der Waals surface area contributed by atoms with Crippen LogP contribution in [-0.4, -0.2) is 63.2 Å². The Balaban J connectivity index is 1.13. The number of hydrogen-bond acceptors (Lipinski definition) is 5. The standard InChI is InChI=1S/C31H35N3O4/c1-37-25-12-10-23(11-13-25)14-17-32-31(36)27-7-3-2-6-26(27)24-15-18-33(19-16-24)20-21-34-28-8-4-5-9-29(28)38-22-30(34)35/h2-13,24H,14-22H2,1H3,(H,32,36). The van der Waals surface area contributed by atoms with E-state index in [1.165, 1.54) is 0 Å². The van der Waals surface area contributed by atoms with Crippen molar-refractivity contribution in [2.45, 2.75) is 25.2 Å². The Morgan fingerprint density at radius 1 is 0.974 bits per heavy atom. The molecule has 3 aromatic rings. The molecule has 0 unspecified atom stereocenters. The van der Waals surface area contributed by atoms with Crippen molar-refractivity contribution in [1.82, 2.24) is 10.2 Å². The van der Waals surface area contributed by atoms with E-state index in [4.69, 9.17) is 9.47 Å². The first kappa shape index (κ1) is 25.8. The molecule has 1 N–H and O–H groups in total. The Morgan fingerprint density at radius 3 is 2.50 bits per heavy atom. The lowest BCUT2D eigenvalue weighted by Crippen LogP contribution is -2.45. The first-order chi connectivity index (χ1) is 18.6. The minimum atomic E-state index is -0.0129. The monoisotopic (exact) mass is 513 g/mol. The number of benzene rings is 3. The van der Waals surface area contributed by atoms with Gasteiger partial charge in [-0.05, 0) is 79.7 Å². The van der Waals surface area contributed by atoms with Crippen molar-refractivity contribution in [2.24, 2.45) is 0 Å². The van der Waals surface area contributed by atoms with E-state index in [2.05, 4.69) is 16.3 Å². The Hall–Kier alpha value is -3.84. The number of anilines is 1. The molecule has 1 saturated heterocycles. The average molecular weight is 514 g/mol. The summed E-state index contributed by atoms with van der Waals surface area (Å²) < 4.78 is 10.8. The fourth-order valence-corrected chi connectivity index (χ4v) is 5.38. The fraction of sp³-hybridized carbons (Fsp3) is 0.355. The van der Waals surface area contributed by atoms with Crippen molar-refractivity contribution in [2.75, 3.05) is 51.3 Å². The van der Waals surface area contributed by atoms with Crippen molar-refractivity contribution in [3.05, 3.63) is 89.5 Å². The second-order valence-electron chi connectivity index (χ2n) is 9.86. The van der Waals surface area contributed by atoms with Crippen LogP contribution in [0.3, 0.4) is 0 Å². The number of para-hydroxylation sites is 2. The minimum Gasteiger partial charge on any atom is -0.497 e. The lowest BCUT2D eigenvalue weighted by atomic mass is 9.86. The van der Waals surface area contributed by atoms with Crippen LogP contribution in [-0.2, 0) is 11.2 Å². The number of nitrogens with zero attached hydrogens (tertiary/aromatic N) is 2. The van der Waals surface area contributed by atoms with Gasteiger partial charge in [0.2, 0.25) is 0 Å². The number of amides is 2. The van der Waals surface area contributed by atoms with Gasteiger partial charge in [0.05, 0.1) is 12.8 Å². The van der Waals surface area contributed by atoms with Crippen molar-refractivity contribution in [3.63, 3.8) is 0 Å². The van der Waals surface area contributed by atoms with Crippen LogP contribution in [0.2, 0.25) is 0 Å². The third kappa shape index (κ3) is 6.00. The number of rotatable bonds is 9. The smallest absolute Gasteiger partial charge is 0.265 e. The quantitative estimate of drug-likeness (QED) is 0.463. The molecule has 0 aromatic heterocycles. The number of hydrogen-bond donors (Lipinski definition) is 1. The Bertz CT molecular complexity index is 1250. The van der Waals surface area contributed by atoms with Gasteiger partial charge in [0.1, 0.15) is 11.5 Å². The van der Waals surface area contributed by atoms with Gasteiger partial charge in [0.25, 0.3) is 11.8 Å². The van der Waals surface area contributed by atoms with Crippen LogP contribution < -0.4 is 19.7 Å². The predicted octanol–water partition coefficient (Wildman–Crippen LogP) is 4.27. The lowest BCUT2D eigenvalue weighted by Gasteiger charge is -2.35. The second-order valence-corrected chi connectivity index (χ2v) is 9.86. The van der Waals surface area contributed by atoms with Crippen molar-refractivity contribution in [3.8, 4) is 11.5 Å². The van der Waals surface area contributed by atoms with Gasteiger partial charge in [0.15, 0.2) is 6.61 Å². The predicted molar refractivity (Wildman–Crippen MR) is 148 cm³/mol. The van der Waals surface area contributed by atoms with Gasteiger partial charge < -0.3 is 24.6 Å². The SMILES string of the molecule is COc1ccc(CCNC(=O)c2ccccc2C2CCN(CCN3C(=O)COc4ccccc43)CC2)cc1. The summed E-state index contributed by atoms with van der Waals surface area (Å²) in [4.78, 5) is 29.8. The summed E-state index contributed by atoms with van der Waals surface area (Å²) in [6, 6.07) is 23.7. The summed E-state index contributed by atoms with van der Waals surface area (Å²) in [5.74, 6) is 1.94. The lowest BCUT2D eigenvalue weighted by molar-refractivity contribution is -0.121. The van der Waals surface area contributed by atoms with Crippen LogP contribution >= 0.6 is 0 Å². The molecule has 1 fully saturated rings. The summed E-state index contributed by atoms with van der Waals surface area (Å²) in [6.07, 6.45) is 2.75. The van der Waals surface area contributed by atoms with E-state index < -0.39 is 0 Å². The summed E-state index contributed by atoms with van der Waals surface area (Å²) >= 11 is 0. The zero-order valence-corrected chi connectivity index (χ0v) is 21.9. The molecule has 2 heterocycles. The molecule has 0 atom stereocenters. The van der Waals surface area contributed by atoms with Crippen LogP contribution in [0.5, 0.6) is 11.5 Å². The molecule has 2 aliphatic rings. The molecule has 0 radical (unpaired) electrons. The Labute approximate surface area is 224 Å². The average Bonchev–Trinajstić information content (AvgIpc) is 2.97. The molecule has 0 spiro atoms. The fourth-order valence-electron chi connectivity index (χ4n) is 5.38. The van der Waals surface area contributed by atoms with Gasteiger partial charge in [-0.2, -0.15) is 0 Å². The highest BCUT2D eigenvalue weighted by Gasteiger charge is 2.28. The third-order valence-corrected chi connectivity index (χ3v) is 7.54.